The number of rotatable bonds is 11. The third kappa shape index (κ3) is 6.57. The van der Waals surface area contributed by atoms with Crippen molar-refractivity contribution in [2.45, 2.75) is 19.9 Å². The molecule has 0 aliphatic carbocycles. The van der Waals surface area contributed by atoms with Crippen molar-refractivity contribution in [3.63, 3.8) is 0 Å². The first kappa shape index (κ1) is 23.8. The molecule has 1 heterocycles. The molecule has 4 aromatic rings. The molecule has 0 amide bonds. The molecule has 7 nitrogen and oxygen atoms in total. The van der Waals surface area contributed by atoms with E-state index in [2.05, 4.69) is 34.4 Å². The lowest BCUT2D eigenvalue weighted by molar-refractivity contribution is -0.136. The number of carboxylic acids is 1. The molecule has 0 aliphatic heterocycles. The molecular formula is C28H27N3O4. The summed E-state index contributed by atoms with van der Waals surface area (Å²) >= 11 is 0. The maximum atomic E-state index is 11.0. The molecule has 1 aromatic heterocycles. The zero-order valence-electron chi connectivity index (χ0n) is 19.5. The first-order chi connectivity index (χ1) is 17.1. The summed E-state index contributed by atoms with van der Waals surface area (Å²) < 4.78 is 7.75. The van der Waals surface area contributed by atoms with Crippen LogP contribution in [-0.2, 0) is 22.6 Å². The van der Waals surface area contributed by atoms with E-state index in [0.29, 0.717) is 12.3 Å². The number of ether oxygens (including phenoxy) is 1. The van der Waals surface area contributed by atoms with Gasteiger partial charge in [-0.05, 0) is 35.2 Å². The Balaban J connectivity index is 1.41. The lowest BCUT2D eigenvalue weighted by Gasteiger charge is -2.12. The van der Waals surface area contributed by atoms with Crippen molar-refractivity contribution >= 4 is 11.7 Å². The highest BCUT2D eigenvalue weighted by Crippen LogP contribution is 2.22. The van der Waals surface area contributed by atoms with E-state index in [9.17, 15) is 4.79 Å². The standard InChI is InChI=1S/C28H27N3O4/c1-21-25(18-28(32)33)8-5-9-27(21)34-16-17-35-30-26(19-31-15-14-29-20-31)24-12-10-23(11-13-24)22-6-3-2-4-7-22/h2-15,20H,16-19H2,1H3,(H,32,33). The Morgan fingerprint density at radius 3 is 2.46 bits per heavy atom. The number of aliphatic carboxylic acids is 1. The third-order valence-electron chi connectivity index (χ3n) is 5.56. The molecule has 3 aromatic carbocycles. The number of imidazole rings is 1. The second-order valence-corrected chi connectivity index (χ2v) is 8.01. The summed E-state index contributed by atoms with van der Waals surface area (Å²) in [6.45, 7) is 2.90. The maximum Gasteiger partial charge on any atom is 0.307 e. The van der Waals surface area contributed by atoms with Crippen LogP contribution < -0.4 is 4.74 Å². The average molecular weight is 470 g/mol. The quantitative estimate of drug-likeness (QED) is 0.190. The van der Waals surface area contributed by atoms with E-state index in [-0.39, 0.29) is 19.6 Å². The Kier molecular flexibility index (Phi) is 7.91. The maximum absolute atomic E-state index is 11.0. The van der Waals surface area contributed by atoms with Gasteiger partial charge in [-0.15, -0.1) is 0 Å². The highest BCUT2D eigenvalue weighted by molar-refractivity contribution is 6.00. The predicted octanol–water partition coefficient (Wildman–Crippen LogP) is 4.99. The van der Waals surface area contributed by atoms with Crippen LogP contribution in [0.5, 0.6) is 5.75 Å². The number of benzene rings is 3. The summed E-state index contributed by atoms with van der Waals surface area (Å²) in [5.41, 5.74) is 5.56. The van der Waals surface area contributed by atoms with E-state index in [1.54, 1.807) is 24.7 Å². The van der Waals surface area contributed by atoms with Gasteiger partial charge in [-0.1, -0.05) is 71.9 Å². The molecule has 0 saturated heterocycles. The Morgan fingerprint density at radius 2 is 1.74 bits per heavy atom. The second kappa shape index (κ2) is 11.7. The normalized spacial score (nSPS) is 11.3. The first-order valence-electron chi connectivity index (χ1n) is 11.3. The topological polar surface area (TPSA) is 85.9 Å². The largest absolute Gasteiger partial charge is 0.490 e. The van der Waals surface area contributed by atoms with Crippen molar-refractivity contribution in [1.82, 2.24) is 9.55 Å². The smallest absolute Gasteiger partial charge is 0.307 e. The van der Waals surface area contributed by atoms with Gasteiger partial charge in [-0.2, -0.15) is 0 Å². The summed E-state index contributed by atoms with van der Waals surface area (Å²) in [6.07, 6.45) is 5.31. The number of hydrogen-bond acceptors (Lipinski definition) is 5. The van der Waals surface area contributed by atoms with Crippen LogP contribution in [0.15, 0.2) is 96.7 Å². The summed E-state index contributed by atoms with van der Waals surface area (Å²) in [6, 6.07) is 23.8. The minimum absolute atomic E-state index is 0.0372. The summed E-state index contributed by atoms with van der Waals surface area (Å²) in [4.78, 5) is 20.8. The molecule has 178 valence electrons. The fourth-order valence-electron chi connectivity index (χ4n) is 3.69. The molecule has 0 spiro atoms. The highest BCUT2D eigenvalue weighted by atomic mass is 16.6. The minimum atomic E-state index is -0.870. The molecule has 0 aliphatic rings. The van der Waals surface area contributed by atoms with Crippen LogP contribution in [0.25, 0.3) is 11.1 Å². The SMILES string of the molecule is Cc1c(CC(=O)O)cccc1OCCON=C(Cn1ccnc1)c1ccc(-c2ccccc2)cc1. The third-order valence-corrected chi connectivity index (χ3v) is 5.56. The van der Waals surface area contributed by atoms with E-state index < -0.39 is 5.97 Å². The number of carbonyl (C=O) groups is 1. The van der Waals surface area contributed by atoms with Crippen LogP contribution in [0.4, 0.5) is 0 Å². The number of hydrogen-bond donors (Lipinski definition) is 1. The van der Waals surface area contributed by atoms with E-state index in [4.69, 9.17) is 14.7 Å². The van der Waals surface area contributed by atoms with E-state index in [1.165, 1.54) is 0 Å². The van der Waals surface area contributed by atoms with Gasteiger partial charge in [-0.3, -0.25) is 4.79 Å². The van der Waals surface area contributed by atoms with Gasteiger partial charge in [-0.25, -0.2) is 4.98 Å². The van der Waals surface area contributed by atoms with Crippen LogP contribution >= 0.6 is 0 Å². The average Bonchev–Trinajstić information content (AvgIpc) is 3.39. The van der Waals surface area contributed by atoms with Gasteiger partial charge in [0.25, 0.3) is 0 Å². The van der Waals surface area contributed by atoms with Gasteiger partial charge in [0.2, 0.25) is 0 Å². The monoisotopic (exact) mass is 469 g/mol. The minimum Gasteiger partial charge on any atom is -0.490 e. The van der Waals surface area contributed by atoms with Gasteiger partial charge in [0.05, 0.1) is 19.3 Å². The van der Waals surface area contributed by atoms with E-state index in [1.807, 2.05) is 54.1 Å². The van der Waals surface area contributed by atoms with Crippen LogP contribution in [0.3, 0.4) is 0 Å². The van der Waals surface area contributed by atoms with Crippen molar-refractivity contribution in [3.05, 3.63) is 108 Å². The predicted molar refractivity (Wildman–Crippen MR) is 135 cm³/mol. The lowest BCUT2D eigenvalue weighted by atomic mass is 10.0. The zero-order valence-corrected chi connectivity index (χ0v) is 19.5. The van der Waals surface area contributed by atoms with Crippen LogP contribution in [0.2, 0.25) is 0 Å². The molecule has 35 heavy (non-hydrogen) atoms. The van der Waals surface area contributed by atoms with Crippen molar-refractivity contribution in [3.8, 4) is 16.9 Å². The zero-order chi connectivity index (χ0) is 24.5. The Bertz CT molecular complexity index is 1270. The Hall–Kier alpha value is -4.39. The van der Waals surface area contributed by atoms with Gasteiger partial charge in [0.15, 0.2) is 6.61 Å². The van der Waals surface area contributed by atoms with Gasteiger partial charge in [0, 0.05) is 18.0 Å². The van der Waals surface area contributed by atoms with E-state index >= 15 is 0 Å². The molecule has 0 fully saturated rings. The van der Waals surface area contributed by atoms with Crippen molar-refractivity contribution in [2.75, 3.05) is 13.2 Å². The number of aromatic nitrogens is 2. The van der Waals surface area contributed by atoms with Crippen molar-refractivity contribution in [2.24, 2.45) is 5.16 Å². The number of oxime groups is 1. The van der Waals surface area contributed by atoms with Crippen molar-refractivity contribution in [1.29, 1.82) is 0 Å². The fraction of sp³-hybridized carbons (Fsp3) is 0.179. The molecule has 0 bridgehead atoms. The van der Waals surface area contributed by atoms with Crippen LogP contribution in [0, 0.1) is 6.92 Å². The van der Waals surface area contributed by atoms with Gasteiger partial charge >= 0.3 is 5.97 Å². The molecule has 0 unspecified atom stereocenters. The molecule has 0 saturated carbocycles. The lowest BCUT2D eigenvalue weighted by Crippen LogP contribution is -2.13. The van der Waals surface area contributed by atoms with Crippen LogP contribution in [0.1, 0.15) is 16.7 Å². The van der Waals surface area contributed by atoms with E-state index in [0.717, 1.165) is 33.5 Å². The molecular weight excluding hydrogens is 442 g/mol. The number of carboxylic acid groups (broad SMARTS) is 1. The van der Waals surface area contributed by atoms with Gasteiger partial charge in [0.1, 0.15) is 18.1 Å². The molecule has 0 radical (unpaired) electrons. The Morgan fingerprint density at radius 1 is 0.971 bits per heavy atom. The summed E-state index contributed by atoms with van der Waals surface area (Å²) in [5.74, 6) is -0.225. The van der Waals surface area contributed by atoms with Gasteiger partial charge < -0.3 is 19.2 Å². The first-order valence-corrected chi connectivity index (χ1v) is 11.3. The Labute approximate surface area is 204 Å². The summed E-state index contributed by atoms with van der Waals surface area (Å²) in [7, 11) is 0. The highest BCUT2D eigenvalue weighted by Gasteiger charge is 2.10. The fourth-order valence-corrected chi connectivity index (χ4v) is 3.69. The number of nitrogens with zero attached hydrogens (tertiary/aromatic N) is 3. The molecule has 4 rings (SSSR count). The molecule has 0 atom stereocenters. The van der Waals surface area contributed by atoms with Crippen LogP contribution in [-0.4, -0.2) is 39.6 Å². The van der Waals surface area contributed by atoms with Crippen molar-refractivity contribution < 1.29 is 19.5 Å². The second-order valence-electron chi connectivity index (χ2n) is 8.01. The molecule has 1 N–H and O–H groups in total. The molecule has 7 heteroatoms. The summed E-state index contributed by atoms with van der Waals surface area (Å²) in [5, 5.41) is 13.5.